The quantitative estimate of drug-likeness (QED) is 0.689. The van der Waals surface area contributed by atoms with E-state index in [9.17, 15) is 0 Å². The third-order valence-electron chi connectivity index (χ3n) is 3.15. The van der Waals surface area contributed by atoms with Crippen molar-refractivity contribution >= 4 is 8.41 Å². The zero-order valence-corrected chi connectivity index (χ0v) is 16.2. The molecule has 0 atom stereocenters. The van der Waals surface area contributed by atoms with Gasteiger partial charge >= 0.3 is 0 Å². The number of hydrogen-bond donors (Lipinski definition) is 0. The molecule has 0 saturated carbocycles. The predicted octanol–water partition coefficient (Wildman–Crippen LogP) is 4.51. The summed E-state index contributed by atoms with van der Waals surface area (Å²) in [5, 5.41) is 0. The summed E-state index contributed by atoms with van der Waals surface area (Å²) in [6.07, 6.45) is 4.28. The molecule has 0 aromatic rings. The van der Waals surface area contributed by atoms with Gasteiger partial charge in [-0.15, -0.1) is 0 Å². The van der Waals surface area contributed by atoms with Crippen LogP contribution >= 0.6 is 0 Å². The van der Waals surface area contributed by atoms with Crippen LogP contribution < -0.4 is 0 Å². The summed E-state index contributed by atoms with van der Waals surface area (Å²) < 4.78 is 0. The fourth-order valence-corrected chi connectivity index (χ4v) is 1.43. The molecule has 3 radical (unpaired) electrons. The number of likely N-dealkylation sites (tertiary alicyclic amines) is 1. The SMILES string of the molecule is CC.CC.CC(C)N(C)C.CC(C)N1CCCCC1.[B]. The molecule has 0 aromatic carbocycles. The number of rotatable bonds is 2. The second-order valence-electron chi connectivity index (χ2n) is 5.25. The van der Waals surface area contributed by atoms with Crippen LogP contribution in [0.4, 0.5) is 0 Å². The van der Waals surface area contributed by atoms with Crippen molar-refractivity contribution in [2.45, 2.75) is 86.7 Å². The minimum Gasteiger partial charge on any atom is -0.307 e. The van der Waals surface area contributed by atoms with E-state index in [1.165, 1.54) is 32.4 Å². The molecule has 1 aliphatic rings. The topological polar surface area (TPSA) is 6.48 Å². The summed E-state index contributed by atoms with van der Waals surface area (Å²) in [4.78, 5) is 4.73. The maximum Gasteiger partial charge on any atom is 0.00385 e. The van der Waals surface area contributed by atoms with Gasteiger partial charge in [0, 0.05) is 20.5 Å². The molecule has 1 heterocycles. The van der Waals surface area contributed by atoms with Gasteiger partial charge < -0.3 is 9.80 Å². The Bertz CT molecular complexity index is 136. The summed E-state index contributed by atoms with van der Waals surface area (Å²) in [6.45, 7) is 19.6. The van der Waals surface area contributed by atoms with Crippen LogP contribution in [0.15, 0.2) is 0 Å². The summed E-state index contributed by atoms with van der Waals surface area (Å²) >= 11 is 0. The predicted molar refractivity (Wildman–Crippen MR) is 97.8 cm³/mol. The van der Waals surface area contributed by atoms with Crippen molar-refractivity contribution in [3.8, 4) is 0 Å². The van der Waals surface area contributed by atoms with Crippen LogP contribution in [0.3, 0.4) is 0 Å². The van der Waals surface area contributed by atoms with Crippen molar-refractivity contribution in [1.82, 2.24) is 9.80 Å². The molecule has 2 nitrogen and oxygen atoms in total. The summed E-state index contributed by atoms with van der Waals surface area (Å²) in [6, 6.07) is 1.45. The van der Waals surface area contributed by atoms with Crippen LogP contribution in [0.2, 0.25) is 0 Å². The second kappa shape index (κ2) is 21.3. The highest BCUT2D eigenvalue weighted by Crippen LogP contribution is 2.10. The molecule has 123 valence electrons. The summed E-state index contributed by atoms with van der Waals surface area (Å²) in [7, 11) is 4.15. The van der Waals surface area contributed by atoms with Gasteiger partial charge in [-0.25, -0.2) is 0 Å². The molecule has 0 unspecified atom stereocenters. The zero-order valence-electron chi connectivity index (χ0n) is 16.2. The molecule has 0 amide bonds. The molecule has 1 fully saturated rings. The lowest BCUT2D eigenvalue weighted by atomic mass is 10.1. The first-order chi connectivity index (χ1) is 8.95. The van der Waals surface area contributed by atoms with Crippen LogP contribution in [0.1, 0.15) is 74.7 Å². The third kappa shape index (κ3) is 20.3. The maximum atomic E-state index is 2.56. The van der Waals surface area contributed by atoms with Gasteiger partial charge in [0.2, 0.25) is 0 Å². The van der Waals surface area contributed by atoms with E-state index in [0.717, 1.165) is 6.04 Å². The Hall–Kier alpha value is -0.0151. The molecule has 0 N–H and O–H groups in total. The van der Waals surface area contributed by atoms with E-state index in [-0.39, 0.29) is 8.41 Å². The maximum absolute atomic E-state index is 2.56. The van der Waals surface area contributed by atoms with Crippen LogP contribution in [0, 0.1) is 0 Å². The van der Waals surface area contributed by atoms with E-state index in [2.05, 4.69) is 51.6 Å². The van der Waals surface area contributed by atoms with Crippen LogP contribution in [0.25, 0.3) is 0 Å². The van der Waals surface area contributed by atoms with Gasteiger partial charge in [-0.3, -0.25) is 0 Å². The second-order valence-corrected chi connectivity index (χ2v) is 5.25. The molecule has 0 aromatic heterocycles. The molecular formula is C17H42BN2. The molecule has 1 rings (SSSR count). The Labute approximate surface area is 132 Å². The van der Waals surface area contributed by atoms with E-state index in [0.29, 0.717) is 6.04 Å². The first kappa shape index (κ1) is 28.2. The molecule has 20 heavy (non-hydrogen) atoms. The molecule has 0 spiro atoms. The van der Waals surface area contributed by atoms with Gasteiger partial charge in [-0.2, -0.15) is 0 Å². The molecule has 0 aliphatic carbocycles. The van der Waals surface area contributed by atoms with E-state index >= 15 is 0 Å². The van der Waals surface area contributed by atoms with Crippen molar-refractivity contribution in [2.75, 3.05) is 27.2 Å². The Kier molecular flexibility index (Phi) is 30.0. The van der Waals surface area contributed by atoms with Crippen molar-refractivity contribution < 1.29 is 0 Å². The van der Waals surface area contributed by atoms with E-state index in [1.807, 2.05) is 27.7 Å². The monoisotopic (exact) mass is 285 g/mol. The summed E-state index contributed by atoms with van der Waals surface area (Å²) in [5.41, 5.74) is 0. The van der Waals surface area contributed by atoms with E-state index < -0.39 is 0 Å². The molecule has 0 bridgehead atoms. The largest absolute Gasteiger partial charge is 0.307 e. The van der Waals surface area contributed by atoms with Crippen LogP contribution in [-0.2, 0) is 0 Å². The lowest BCUT2D eigenvalue weighted by Gasteiger charge is -2.29. The van der Waals surface area contributed by atoms with Gasteiger partial charge in [0.25, 0.3) is 0 Å². The highest BCUT2D eigenvalue weighted by Gasteiger charge is 2.11. The average Bonchev–Trinajstić information content (AvgIpc) is 2.44. The number of hydrogen-bond acceptors (Lipinski definition) is 2. The normalized spacial score (nSPS) is 14.2. The number of nitrogens with zero attached hydrogens (tertiary/aromatic N) is 2. The van der Waals surface area contributed by atoms with Gasteiger partial charge in [0.1, 0.15) is 0 Å². The Balaban J connectivity index is -0.000000103. The Morgan fingerprint density at radius 1 is 0.750 bits per heavy atom. The highest BCUT2D eigenvalue weighted by atomic mass is 15.1. The van der Waals surface area contributed by atoms with Crippen molar-refractivity contribution in [3.63, 3.8) is 0 Å². The standard InChI is InChI=1S/C8H17N.C5H13N.2C2H6.B/c1-8(2)9-6-4-3-5-7-9;1-5(2)6(3)4;2*1-2;/h8H,3-7H2,1-2H3;5H,1-4H3;2*1-2H3;. The minimum absolute atomic E-state index is 0. The fourth-order valence-electron chi connectivity index (χ4n) is 1.43. The molecule has 3 heteroatoms. The lowest BCUT2D eigenvalue weighted by molar-refractivity contribution is 0.185. The Morgan fingerprint density at radius 3 is 1.20 bits per heavy atom. The van der Waals surface area contributed by atoms with Gasteiger partial charge in [0.15, 0.2) is 0 Å². The van der Waals surface area contributed by atoms with E-state index in [4.69, 9.17) is 0 Å². The minimum atomic E-state index is 0. The molecular weight excluding hydrogens is 243 g/mol. The van der Waals surface area contributed by atoms with Crippen LogP contribution in [0.5, 0.6) is 0 Å². The highest BCUT2D eigenvalue weighted by molar-refractivity contribution is 5.75. The van der Waals surface area contributed by atoms with Crippen molar-refractivity contribution in [2.24, 2.45) is 0 Å². The van der Waals surface area contributed by atoms with Crippen molar-refractivity contribution in [1.29, 1.82) is 0 Å². The first-order valence-electron chi connectivity index (χ1n) is 8.35. The third-order valence-corrected chi connectivity index (χ3v) is 3.15. The zero-order chi connectivity index (χ0) is 15.8. The number of piperidine rings is 1. The smallest absolute Gasteiger partial charge is 0.00385 e. The lowest BCUT2D eigenvalue weighted by Crippen LogP contribution is -2.35. The Morgan fingerprint density at radius 2 is 1.05 bits per heavy atom. The van der Waals surface area contributed by atoms with Crippen LogP contribution in [-0.4, -0.2) is 57.5 Å². The van der Waals surface area contributed by atoms with Crippen molar-refractivity contribution in [3.05, 3.63) is 0 Å². The average molecular weight is 285 g/mol. The van der Waals surface area contributed by atoms with Gasteiger partial charge in [0.05, 0.1) is 0 Å². The fraction of sp³-hybridized carbons (Fsp3) is 1.00. The first-order valence-corrected chi connectivity index (χ1v) is 8.35. The molecule has 1 saturated heterocycles. The van der Waals surface area contributed by atoms with Gasteiger partial charge in [-0.1, -0.05) is 34.1 Å². The summed E-state index contributed by atoms with van der Waals surface area (Å²) in [5.74, 6) is 0. The van der Waals surface area contributed by atoms with E-state index in [1.54, 1.807) is 0 Å². The van der Waals surface area contributed by atoms with Gasteiger partial charge in [-0.05, 0) is 67.7 Å². The molecule has 1 aliphatic heterocycles.